The molecule has 2 rings (SSSR count). The highest BCUT2D eigenvalue weighted by Crippen LogP contribution is 2.18. The van der Waals surface area contributed by atoms with Crippen LogP contribution >= 0.6 is 0 Å². The van der Waals surface area contributed by atoms with E-state index in [-0.39, 0.29) is 6.10 Å². The Bertz CT molecular complexity index is 553. The van der Waals surface area contributed by atoms with E-state index in [1.807, 2.05) is 30.5 Å². The summed E-state index contributed by atoms with van der Waals surface area (Å²) in [7, 11) is 0. The maximum atomic E-state index is 5.84. The highest BCUT2D eigenvalue weighted by Gasteiger charge is 2.06. The second-order valence-corrected chi connectivity index (χ2v) is 5.23. The van der Waals surface area contributed by atoms with Gasteiger partial charge in [-0.3, -0.25) is 0 Å². The molecule has 0 aliphatic carbocycles. The monoisotopic (exact) mass is 288 g/mol. The van der Waals surface area contributed by atoms with Gasteiger partial charge in [-0.25, -0.2) is 4.68 Å². The van der Waals surface area contributed by atoms with Crippen LogP contribution in [0.25, 0.3) is 5.69 Å². The van der Waals surface area contributed by atoms with Crippen molar-refractivity contribution in [3.05, 3.63) is 36.2 Å². The van der Waals surface area contributed by atoms with Gasteiger partial charge in [-0.1, -0.05) is 18.2 Å². The van der Waals surface area contributed by atoms with Gasteiger partial charge in [0.1, 0.15) is 5.75 Å². The SMILES string of the molecule is CCC(C)Oc1cccc(-n2cc(CCCCN)nn2)c1. The Hall–Kier alpha value is -1.88. The Labute approximate surface area is 126 Å². The van der Waals surface area contributed by atoms with Gasteiger partial charge in [0, 0.05) is 6.07 Å². The van der Waals surface area contributed by atoms with E-state index in [2.05, 4.69) is 24.2 Å². The van der Waals surface area contributed by atoms with Crippen molar-refractivity contribution in [2.45, 2.75) is 45.6 Å². The van der Waals surface area contributed by atoms with Crippen LogP contribution in [0, 0.1) is 0 Å². The summed E-state index contributed by atoms with van der Waals surface area (Å²) in [6.45, 7) is 4.90. The van der Waals surface area contributed by atoms with Gasteiger partial charge < -0.3 is 10.5 Å². The van der Waals surface area contributed by atoms with Gasteiger partial charge >= 0.3 is 0 Å². The number of unbranched alkanes of at least 4 members (excludes halogenated alkanes) is 1. The summed E-state index contributed by atoms with van der Waals surface area (Å²) in [5.74, 6) is 0.863. The normalized spacial score (nSPS) is 12.3. The van der Waals surface area contributed by atoms with Crippen molar-refractivity contribution in [3.63, 3.8) is 0 Å². The molecule has 1 unspecified atom stereocenters. The lowest BCUT2D eigenvalue weighted by Crippen LogP contribution is -2.09. The maximum absolute atomic E-state index is 5.84. The number of nitrogens with zero attached hydrogens (tertiary/aromatic N) is 3. The summed E-state index contributed by atoms with van der Waals surface area (Å²) >= 11 is 0. The molecule has 1 aromatic heterocycles. The Balaban J connectivity index is 2.05. The van der Waals surface area contributed by atoms with Gasteiger partial charge in [-0.05, 0) is 51.3 Å². The first kappa shape index (κ1) is 15.5. The van der Waals surface area contributed by atoms with Gasteiger partial charge in [-0.2, -0.15) is 0 Å². The first-order chi connectivity index (χ1) is 10.2. The van der Waals surface area contributed by atoms with Crippen LogP contribution in [0.3, 0.4) is 0 Å². The van der Waals surface area contributed by atoms with E-state index in [9.17, 15) is 0 Å². The van der Waals surface area contributed by atoms with Crippen molar-refractivity contribution >= 4 is 0 Å². The van der Waals surface area contributed by atoms with E-state index in [0.717, 1.165) is 49.4 Å². The lowest BCUT2D eigenvalue weighted by Gasteiger charge is -2.13. The number of hydrogen-bond acceptors (Lipinski definition) is 4. The van der Waals surface area contributed by atoms with Crippen LogP contribution in [0.15, 0.2) is 30.5 Å². The number of aromatic nitrogens is 3. The molecule has 1 atom stereocenters. The number of aryl methyl sites for hydroxylation is 1. The Kier molecular flexibility index (Phi) is 5.75. The van der Waals surface area contributed by atoms with Gasteiger partial charge in [0.15, 0.2) is 0 Å². The van der Waals surface area contributed by atoms with Crippen molar-refractivity contribution in [1.82, 2.24) is 15.0 Å². The van der Waals surface area contributed by atoms with Crippen molar-refractivity contribution < 1.29 is 4.74 Å². The first-order valence-corrected chi connectivity index (χ1v) is 7.61. The molecule has 2 aromatic rings. The summed E-state index contributed by atoms with van der Waals surface area (Å²) < 4.78 is 7.63. The molecule has 2 N–H and O–H groups in total. The third-order valence-corrected chi connectivity index (χ3v) is 3.42. The molecule has 5 heteroatoms. The van der Waals surface area contributed by atoms with Crippen molar-refractivity contribution in [2.75, 3.05) is 6.54 Å². The highest BCUT2D eigenvalue weighted by atomic mass is 16.5. The number of rotatable bonds is 8. The predicted molar refractivity (Wildman–Crippen MR) is 83.7 cm³/mol. The van der Waals surface area contributed by atoms with E-state index in [4.69, 9.17) is 10.5 Å². The predicted octanol–water partition coefficient (Wildman–Crippen LogP) is 2.73. The van der Waals surface area contributed by atoms with Gasteiger partial charge in [0.2, 0.25) is 0 Å². The van der Waals surface area contributed by atoms with E-state index < -0.39 is 0 Å². The zero-order valence-electron chi connectivity index (χ0n) is 12.8. The number of ether oxygens (including phenoxy) is 1. The lowest BCUT2D eigenvalue weighted by molar-refractivity contribution is 0.217. The minimum atomic E-state index is 0.211. The Morgan fingerprint density at radius 3 is 2.95 bits per heavy atom. The minimum absolute atomic E-state index is 0.211. The van der Waals surface area contributed by atoms with Crippen molar-refractivity contribution in [1.29, 1.82) is 0 Å². The first-order valence-electron chi connectivity index (χ1n) is 7.61. The molecular formula is C16H24N4O. The molecule has 21 heavy (non-hydrogen) atoms. The van der Waals surface area contributed by atoms with Crippen LogP contribution in [0.1, 0.15) is 38.8 Å². The Morgan fingerprint density at radius 1 is 1.33 bits per heavy atom. The second-order valence-electron chi connectivity index (χ2n) is 5.23. The Morgan fingerprint density at radius 2 is 2.19 bits per heavy atom. The minimum Gasteiger partial charge on any atom is -0.491 e. The highest BCUT2D eigenvalue weighted by molar-refractivity contribution is 5.38. The summed E-state index contributed by atoms with van der Waals surface area (Å²) in [5.41, 5.74) is 7.46. The van der Waals surface area contributed by atoms with Gasteiger partial charge in [0.25, 0.3) is 0 Å². The second kappa shape index (κ2) is 7.78. The zero-order chi connectivity index (χ0) is 15.1. The fourth-order valence-corrected chi connectivity index (χ4v) is 2.00. The smallest absolute Gasteiger partial charge is 0.121 e. The molecule has 0 spiro atoms. The zero-order valence-corrected chi connectivity index (χ0v) is 12.8. The quantitative estimate of drug-likeness (QED) is 0.758. The third-order valence-electron chi connectivity index (χ3n) is 3.42. The molecule has 0 radical (unpaired) electrons. The molecule has 1 heterocycles. The maximum Gasteiger partial charge on any atom is 0.121 e. The molecule has 1 aromatic carbocycles. The fourth-order valence-electron chi connectivity index (χ4n) is 2.00. The number of hydrogen-bond donors (Lipinski definition) is 1. The molecule has 0 saturated heterocycles. The number of benzene rings is 1. The van der Waals surface area contributed by atoms with E-state index in [0.29, 0.717) is 0 Å². The molecule has 114 valence electrons. The van der Waals surface area contributed by atoms with E-state index in [1.54, 1.807) is 4.68 Å². The molecule has 0 amide bonds. The van der Waals surface area contributed by atoms with E-state index in [1.165, 1.54) is 0 Å². The van der Waals surface area contributed by atoms with Crippen LogP contribution in [0.4, 0.5) is 0 Å². The van der Waals surface area contributed by atoms with Crippen LogP contribution in [-0.2, 0) is 6.42 Å². The van der Waals surface area contributed by atoms with Crippen LogP contribution in [-0.4, -0.2) is 27.6 Å². The fraction of sp³-hybridized carbons (Fsp3) is 0.500. The van der Waals surface area contributed by atoms with E-state index >= 15 is 0 Å². The summed E-state index contributed by atoms with van der Waals surface area (Å²) in [5, 5.41) is 8.39. The van der Waals surface area contributed by atoms with Crippen LogP contribution in [0.2, 0.25) is 0 Å². The summed E-state index contributed by atoms with van der Waals surface area (Å²) in [6.07, 6.45) is 6.15. The number of nitrogens with two attached hydrogens (primary N) is 1. The standard InChI is InChI=1S/C16H24N4O/c1-3-13(2)21-16-9-6-8-15(11-16)20-12-14(18-19-20)7-4-5-10-17/h6,8-9,11-13H,3-5,7,10,17H2,1-2H3. The van der Waals surface area contributed by atoms with Crippen molar-refractivity contribution in [3.8, 4) is 11.4 Å². The molecule has 5 nitrogen and oxygen atoms in total. The molecule has 0 bridgehead atoms. The topological polar surface area (TPSA) is 66.0 Å². The van der Waals surface area contributed by atoms with Gasteiger partial charge in [0.05, 0.1) is 23.7 Å². The molecule has 0 fully saturated rings. The average molecular weight is 288 g/mol. The summed E-state index contributed by atoms with van der Waals surface area (Å²) in [4.78, 5) is 0. The lowest BCUT2D eigenvalue weighted by atomic mass is 10.2. The van der Waals surface area contributed by atoms with Gasteiger partial charge in [-0.15, -0.1) is 5.10 Å². The van der Waals surface area contributed by atoms with Crippen molar-refractivity contribution in [2.24, 2.45) is 5.73 Å². The molecule has 0 aliphatic heterocycles. The molecule has 0 saturated carbocycles. The average Bonchev–Trinajstić information content (AvgIpc) is 2.96. The molecular weight excluding hydrogens is 264 g/mol. The molecule has 0 aliphatic rings. The largest absolute Gasteiger partial charge is 0.491 e. The van der Waals surface area contributed by atoms with Crippen LogP contribution in [0.5, 0.6) is 5.75 Å². The third kappa shape index (κ3) is 4.56. The van der Waals surface area contributed by atoms with Crippen LogP contribution < -0.4 is 10.5 Å². The summed E-state index contributed by atoms with van der Waals surface area (Å²) in [6, 6.07) is 7.93.